The molecule has 2 heterocycles. The smallest absolute Gasteiger partial charge is 0.311 e. The van der Waals surface area contributed by atoms with Gasteiger partial charge in [-0.25, -0.2) is 4.68 Å². The fraction of sp³-hybridized carbons (Fsp3) is 0. The summed E-state index contributed by atoms with van der Waals surface area (Å²) in [5.41, 5.74) is 3.51. The first kappa shape index (κ1) is 11.1. The van der Waals surface area contributed by atoms with Crippen LogP contribution in [0.25, 0.3) is 10.9 Å². The number of hydrogen-bond acceptors (Lipinski definition) is 4. The summed E-state index contributed by atoms with van der Waals surface area (Å²) in [6.07, 6.45) is 4.11. The molecule has 0 aliphatic heterocycles. The predicted octanol–water partition coefficient (Wildman–Crippen LogP) is 0.712. The number of amides is 1. The van der Waals surface area contributed by atoms with Crippen molar-refractivity contribution in [2.24, 2.45) is 0 Å². The van der Waals surface area contributed by atoms with E-state index in [1.165, 1.54) is 23.5 Å². The van der Waals surface area contributed by atoms with Gasteiger partial charge in [-0.3, -0.25) is 15.0 Å². The van der Waals surface area contributed by atoms with Crippen LogP contribution in [0.5, 0.6) is 0 Å². The molecule has 1 aromatic carbocycles. The number of hydrogen-bond donors (Lipinski definition) is 2. The Hall–Kier alpha value is -2.96. The van der Waals surface area contributed by atoms with Gasteiger partial charge in [0.25, 0.3) is 5.78 Å². The van der Waals surface area contributed by atoms with Crippen molar-refractivity contribution in [3.63, 3.8) is 0 Å². The quantitative estimate of drug-likeness (QED) is 0.532. The monoisotopic (exact) mass is 255 g/mol. The average molecular weight is 255 g/mol. The predicted molar refractivity (Wildman–Crippen MR) is 67.0 cm³/mol. The van der Waals surface area contributed by atoms with Crippen molar-refractivity contribution in [3.8, 4) is 0 Å². The molecular formula is C12H9N5O2. The van der Waals surface area contributed by atoms with Crippen molar-refractivity contribution >= 4 is 22.6 Å². The van der Waals surface area contributed by atoms with Crippen LogP contribution in [0.2, 0.25) is 0 Å². The summed E-state index contributed by atoms with van der Waals surface area (Å²) in [7, 11) is 0. The lowest BCUT2D eigenvalue weighted by Crippen LogP contribution is -2.29. The number of Topliss-reactive ketones (excluding diaryl/α,β-unsaturated/α-hetero) is 1. The highest BCUT2D eigenvalue weighted by Gasteiger charge is 2.19. The first-order valence-corrected chi connectivity index (χ1v) is 5.52. The Morgan fingerprint density at radius 3 is 2.68 bits per heavy atom. The number of para-hydroxylation sites is 1. The summed E-state index contributed by atoms with van der Waals surface area (Å²) in [5.74, 6) is -1.37. The topological polar surface area (TPSA) is 92.7 Å². The van der Waals surface area contributed by atoms with Crippen LogP contribution < -0.4 is 5.43 Å². The maximum Gasteiger partial charge on any atom is 0.311 e. The third-order valence-corrected chi connectivity index (χ3v) is 2.69. The Kier molecular flexibility index (Phi) is 2.57. The average Bonchev–Trinajstić information content (AvgIpc) is 3.06. The second-order valence-electron chi connectivity index (χ2n) is 3.89. The standard InChI is InChI=1S/C12H9N5O2/c18-11(12(19)16-17-6-14-15-7-17)9-5-13-10-4-2-1-3-8(9)10/h1-7,13H,(H,16,19). The third kappa shape index (κ3) is 1.97. The Balaban J connectivity index is 1.89. The van der Waals surface area contributed by atoms with Crippen molar-refractivity contribution < 1.29 is 9.59 Å². The van der Waals surface area contributed by atoms with E-state index in [2.05, 4.69) is 20.6 Å². The molecule has 0 fully saturated rings. The molecule has 3 rings (SSSR count). The molecule has 0 bridgehead atoms. The number of carbonyl (C=O) groups excluding carboxylic acids is 2. The lowest BCUT2D eigenvalue weighted by atomic mass is 10.1. The molecule has 0 atom stereocenters. The van der Waals surface area contributed by atoms with Gasteiger partial charge < -0.3 is 4.98 Å². The van der Waals surface area contributed by atoms with E-state index < -0.39 is 11.7 Å². The molecule has 0 spiro atoms. The van der Waals surface area contributed by atoms with Gasteiger partial charge in [0.1, 0.15) is 12.7 Å². The molecule has 2 N–H and O–H groups in total. The minimum Gasteiger partial charge on any atom is -0.360 e. The third-order valence-electron chi connectivity index (χ3n) is 2.69. The highest BCUT2D eigenvalue weighted by Crippen LogP contribution is 2.18. The number of H-pyrrole nitrogens is 1. The molecule has 7 heteroatoms. The first-order valence-electron chi connectivity index (χ1n) is 5.52. The SMILES string of the molecule is O=C(Nn1cnnc1)C(=O)c1c[nH]c2ccccc12. The van der Waals surface area contributed by atoms with Crippen LogP contribution in [-0.2, 0) is 4.79 Å². The zero-order chi connectivity index (χ0) is 13.2. The van der Waals surface area contributed by atoms with Gasteiger partial charge in [0.05, 0.1) is 5.56 Å². The minimum atomic E-state index is -0.746. The van der Waals surface area contributed by atoms with Crippen LogP contribution in [0.15, 0.2) is 43.1 Å². The Bertz CT molecular complexity index is 744. The van der Waals surface area contributed by atoms with Crippen LogP contribution in [0.4, 0.5) is 0 Å². The largest absolute Gasteiger partial charge is 0.360 e. The van der Waals surface area contributed by atoms with Crippen molar-refractivity contribution in [1.82, 2.24) is 19.9 Å². The van der Waals surface area contributed by atoms with Crippen LogP contribution in [0.3, 0.4) is 0 Å². The number of rotatable bonds is 3. The summed E-state index contributed by atoms with van der Waals surface area (Å²) in [6.45, 7) is 0. The normalized spacial score (nSPS) is 10.5. The minimum absolute atomic E-state index is 0.334. The molecule has 0 saturated carbocycles. The molecule has 0 aliphatic rings. The highest BCUT2D eigenvalue weighted by atomic mass is 16.2. The molecule has 0 unspecified atom stereocenters. The van der Waals surface area contributed by atoms with Gasteiger partial charge in [-0.15, -0.1) is 10.2 Å². The molecule has 3 aromatic rings. The maximum absolute atomic E-state index is 12.1. The molecule has 19 heavy (non-hydrogen) atoms. The maximum atomic E-state index is 12.1. The zero-order valence-corrected chi connectivity index (χ0v) is 9.70. The van der Waals surface area contributed by atoms with Crippen LogP contribution in [0.1, 0.15) is 10.4 Å². The van der Waals surface area contributed by atoms with E-state index in [1.54, 1.807) is 6.07 Å². The van der Waals surface area contributed by atoms with Crippen molar-refractivity contribution in [1.29, 1.82) is 0 Å². The van der Waals surface area contributed by atoms with E-state index in [1.807, 2.05) is 18.2 Å². The summed E-state index contributed by atoms with van der Waals surface area (Å²) in [6, 6.07) is 7.28. The van der Waals surface area contributed by atoms with E-state index in [4.69, 9.17) is 0 Å². The number of fused-ring (bicyclic) bond motifs is 1. The molecular weight excluding hydrogens is 246 g/mol. The molecule has 0 saturated heterocycles. The number of aromatic nitrogens is 4. The highest BCUT2D eigenvalue weighted by molar-refractivity contribution is 6.47. The van der Waals surface area contributed by atoms with E-state index in [-0.39, 0.29) is 0 Å². The summed E-state index contributed by atoms with van der Waals surface area (Å²) < 4.78 is 1.22. The number of benzene rings is 1. The molecule has 1 amide bonds. The number of carbonyl (C=O) groups is 2. The zero-order valence-electron chi connectivity index (χ0n) is 9.70. The van der Waals surface area contributed by atoms with Crippen LogP contribution >= 0.6 is 0 Å². The van der Waals surface area contributed by atoms with Gasteiger partial charge in [0.15, 0.2) is 0 Å². The summed E-state index contributed by atoms with van der Waals surface area (Å²) in [5, 5.41) is 7.77. The second kappa shape index (κ2) is 4.37. The van der Waals surface area contributed by atoms with E-state index in [0.717, 1.165) is 5.52 Å². The van der Waals surface area contributed by atoms with Gasteiger partial charge in [-0.2, -0.15) is 0 Å². The van der Waals surface area contributed by atoms with Crippen LogP contribution in [0, 0.1) is 0 Å². The lowest BCUT2D eigenvalue weighted by molar-refractivity contribution is -0.113. The fourth-order valence-corrected chi connectivity index (χ4v) is 1.81. The Morgan fingerprint density at radius 2 is 1.89 bits per heavy atom. The second-order valence-corrected chi connectivity index (χ2v) is 3.89. The van der Waals surface area contributed by atoms with Crippen molar-refractivity contribution in [3.05, 3.63) is 48.7 Å². The van der Waals surface area contributed by atoms with Gasteiger partial charge in [0.2, 0.25) is 0 Å². The lowest BCUT2D eigenvalue weighted by Gasteiger charge is -2.02. The van der Waals surface area contributed by atoms with Gasteiger partial charge in [-0.05, 0) is 6.07 Å². The summed E-state index contributed by atoms with van der Waals surface area (Å²) in [4.78, 5) is 26.8. The van der Waals surface area contributed by atoms with Crippen molar-refractivity contribution in [2.45, 2.75) is 0 Å². The van der Waals surface area contributed by atoms with E-state index in [0.29, 0.717) is 10.9 Å². The number of nitrogens with one attached hydrogen (secondary N) is 2. The van der Waals surface area contributed by atoms with Gasteiger partial charge in [0, 0.05) is 17.1 Å². The molecule has 0 aliphatic carbocycles. The molecule has 0 radical (unpaired) electrons. The number of ketones is 1. The van der Waals surface area contributed by atoms with Crippen LogP contribution in [-0.4, -0.2) is 31.5 Å². The van der Waals surface area contributed by atoms with Gasteiger partial charge >= 0.3 is 5.91 Å². The Morgan fingerprint density at radius 1 is 1.16 bits per heavy atom. The molecule has 2 aromatic heterocycles. The number of aromatic amines is 1. The molecule has 7 nitrogen and oxygen atoms in total. The number of nitrogens with zero attached hydrogens (tertiary/aromatic N) is 3. The molecule has 94 valence electrons. The van der Waals surface area contributed by atoms with E-state index in [9.17, 15) is 9.59 Å². The van der Waals surface area contributed by atoms with E-state index >= 15 is 0 Å². The Labute approximate surface area is 107 Å². The van der Waals surface area contributed by atoms with Gasteiger partial charge in [-0.1, -0.05) is 18.2 Å². The van der Waals surface area contributed by atoms with Crippen molar-refractivity contribution in [2.75, 3.05) is 5.43 Å². The fourth-order valence-electron chi connectivity index (χ4n) is 1.81. The first-order chi connectivity index (χ1) is 9.25. The summed E-state index contributed by atoms with van der Waals surface area (Å²) >= 11 is 0.